The van der Waals surface area contributed by atoms with E-state index in [1.54, 1.807) is 0 Å². The average Bonchev–Trinajstić information content (AvgIpc) is 3.12. The van der Waals surface area contributed by atoms with Gasteiger partial charge in [-0.3, -0.25) is 0 Å². The molecule has 0 radical (unpaired) electrons. The highest BCUT2D eigenvalue weighted by atomic mass is 32.2. The van der Waals surface area contributed by atoms with Crippen LogP contribution >= 0.6 is 0 Å². The molecule has 0 aliphatic heterocycles. The van der Waals surface area contributed by atoms with E-state index in [2.05, 4.69) is 5.32 Å². The minimum absolute atomic E-state index is 0.215. The third kappa shape index (κ3) is 3.45. The van der Waals surface area contributed by atoms with Crippen LogP contribution in [-0.4, -0.2) is 20.0 Å². The Bertz CT molecular complexity index is 562. The molecule has 0 heterocycles. The summed E-state index contributed by atoms with van der Waals surface area (Å²) in [5.74, 6) is 0.738. The lowest BCUT2D eigenvalue weighted by molar-refractivity contribution is -0.0436. The summed E-state index contributed by atoms with van der Waals surface area (Å²) < 4.78 is 59.5. The van der Waals surface area contributed by atoms with Gasteiger partial charge in [-0.25, -0.2) is 8.42 Å². The zero-order valence-electron chi connectivity index (χ0n) is 10.9. The van der Waals surface area contributed by atoms with Crippen LogP contribution in [-0.2, 0) is 9.84 Å². The summed E-state index contributed by atoms with van der Waals surface area (Å²) in [6.45, 7) is 2.00. The van der Waals surface area contributed by atoms with E-state index >= 15 is 0 Å². The molecule has 0 bridgehead atoms. The Kier molecular flexibility index (Phi) is 4.00. The second kappa shape index (κ2) is 5.27. The Hall–Kier alpha value is -1.24. The molecule has 1 fully saturated rings. The van der Waals surface area contributed by atoms with Gasteiger partial charge in [0, 0.05) is 11.7 Å². The first-order chi connectivity index (χ1) is 9.20. The van der Waals surface area contributed by atoms with Crippen LogP contribution in [0.15, 0.2) is 29.2 Å². The summed E-state index contributed by atoms with van der Waals surface area (Å²) in [6, 6.07) is 4.90. The van der Waals surface area contributed by atoms with Crippen molar-refractivity contribution < 1.29 is 21.6 Å². The second-order valence-electron chi connectivity index (χ2n) is 5.20. The molecular formula is C13H16F3NO2S. The summed E-state index contributed by atoms with van der Waals surface area (Å²) in [5.41, 5.74) is -4.64. The van der Waals surface area contributed by atoms with Crippen molar-refractivity contribution in [3.05, 3.63) is 24.3 Å². The Morgan fingerprint density at radius 1 is 1.25 bits per heavy atom. The molecule has 1 aromatic rings. The summed E-state index contributed by atoms with van der Waals surface area (Å²) in [4.78, 5) is -0.731. The monoisotopic (exact) mass is 307 g/mol. The van der Waals surface area contributed by atoms with Crippen molar-refractivity contribution in [2.45, 2.75) is 42.6 Å². The Balaban J connectivity index is 2.06. The van der Waals surface area contributed by atoms with Crippen molar-refractivity contribution in [2.24, 2.45) is 5.92 Å². The number of rotatable bonds is 5. The van der Waals surface area contributed by atoms with Gasteiger partial charge in [0.2, 0.25) is 0 Å². The number of alkyl halides is 3. The second-order valence-corrected chi connectivity index (χ2v) is 7.14. The fourth-order valence-electron chi connectivity index (χ4n) is 2.06. The molecular weight excluding hydrogens is 291 g/mol. The van der Waals surface area contributed by atoms with Crippen molar-refractivity contribution in [2.75, 3.05) is 5.32 Å². The van der Waals surface area contributed by atoms with Gasteiger partial charge in [-0.2, -0.15) is 13.2 Å². The molecule has 1 aliphatic rings. The van der Waals surface area contributed by atoms with Gasteiger partial charge in [0.25, 0.3) is 9.84 Å². The van der Waals surface area contributed by atoms with Crippen LogP contribution in [0.1, 0.15) is 26.2 Å². The molecule has 0 saturated heterocycles. The average molecular weight is 307 g/mol. The first kappa shape index (κ1) is 15.2. The van der Waals surface area contributed by atoms with Crippen LogP contribution in [0.2, 0.25) is 0 Å². The van der Waals surface area contributed by atoms with Gasteiger partial charge in [0.05, 0.1) is 4.90 Å². The molecule has 1 atom stereocenters. The van der Waals surface area contributed by atoms with E-state index in [1.807, 2.05) is 6.92 Å². The number of hydrogen-bond acceptors (Lipinski definition) is 3. The fraction of sp³-hybridized carbons (Fsp3) is 0.538. The van der Waals surface area contributed by atoms with Crippen molar-refractivity contribution in [1.82, 2.24) is 0 Å². The van der Waals surface area contributed by atoms with Gasteiger partial charge < -0.3 is 5.32 Å². The first-order valence-electron chi connectivity index (χ1n) is 6.38. The van der Waals surface area contributed by atoms with Gasteiger partial charge >= 0.3 is 5.51 Å². The van der Waals surface area contributed by atoms with Gasteiger partial charge in [0.1, 0.15) is 0 Å². The lowest BCUT2D eigenvalue weighted by Gasteiger charge is -2.15. The molecule has 20 heavy (non-hydrogen) atoms. The molecule has 1 unspecified atom stereocenters. The highest BCUT2D eigenvalue weighted by molar-refractivity contribution is 7.92. The van der Waals surface area contributed by atoms with Gasteiger partial charge in [-0.15, -0.1) is 0 Å². The number of halogens is 3. The third-order valence-corrected chi connectivity index (χ3v) is 4.77. The SMILES string of the molecule is CC(CC1CC1)Nc1ccc(S(=O)(=O)C(F)(F)F)cc1. The van der Waals surface area contributed by atoms with Gasteiger partial charge in [-0.1, -0.05) is 12.8 Å². The van der Waals surface area contributed by atoms with E-state index in [4.69, 9.17) is 0 Å². The Morgan fingerprint density at radius 3 is 2.25 bits per heavy atom. The van der Waals surface area contributed by atoms with Crippen LogP contribution in [0.25, 0.3) is 0 Å². The van der Waals surface area contributed by atoms with Crippen molar-refractivity contribution in [1.29, 1.82) is 0 Å². The molecule has 1 aromatic carbocycles. The predicted octanol–water partition coefficient (Wildman–Crippen LogP) is 3.58. The summed E-state index contributed by atoms with van der Waals surface area (Å²) >= 11 is 0. The lowest BCUT2D eigenvalue weighted by atomic mass is 10.1. The van der Waals surface area contributed by atoms with Crippen LogP contribution in [0, 0.1) is 5.92 Å². The highest BCUT2D eigenvalue weighted by Gasteiger charge is 2.46. The summed E-state index contributed by atoms with van der Waals surface area (Å²) in [7, 11) is -5.26. The Labute approximate surface area is 116 Å². The van der Waals surface area contributed by atoms with Gasteiger partial charge in [0.15, 0.2) is 0 Å². The number of anilines is 1. The standard InChI is InChI=1S/C13H16F3NO2S/c1-9(8-10-2-3-10)17-11-4-6-12(7-5-11)20(18,19)13(14,15)16/h4-7,9-10,17H,2-3,8H2,1H3. The van der Waals surface area contributed by atoms with Crippen LogP contribution < -0.4 is 5.32 Å². The number of nitrogens with one attached hydrogen (secondary N) is 1. The topological polar surface area (TPSA) is 46.2 Å². The third-order valence-electron chi connectivity index (χ3n) is 3.27. The largest absolute Gasteiger partial charge is 0.501 e. The molecule has 112 valence electrons. The minimum Gasteiger partial charge on any atom is -0.383 e. The van der Waals surface area contributed by atoms with Crippen molar-refractivity contribution in [3.63, 3.8) is 0 Å². The van der Waals surface area contributed by atoms with Crippen LogP contribution in [0.3, 0.4) is 0 Å². The van der Waals surface area contributed by atoms with Crippen molar-refractivity contribution >= 4 is 15.5 Å². The van der Waals surface area contributed by atoms with E-state index in [0.717, 1.165) is 24.5 Å². The molecule has 3 nitrogen and oxygen atoms in total. The highest BCUT2D eigenvalue weighted by Crippen LogP contribution is 2.34. The van der Waals surface area contributed by atoms with Crippen LogP contribution in [0.5, 0.6) is 0 Å². The predicted molar refractivity (Wildman–Crippen MR) is 70.1 cm³/mol. The molecule has 1 saturated carbocycles. The van der Waals surface area contributed by atoms with Crippen molar-refractivity contribution in [3.8, 4) is 0 Å². The first-order valence-corrected chi connectivity index (χ1v) is 7.86. The van der Waals surface area contributed by atoms with Crippen LogP contribution in [0.4, 0.5) is 18.9 Å². The zero-order chi connectivity index (χ0) is 15.0. The maximum absolute atomic E-state index is 12.4. The fourth-order valence-corrected chi connectivity index (χ4v) is 2.82. The zero-order valence-corrected chi connectivity index (χ0v) is 11.8. The molecule has 0 amide bonds. The summed E-state index contributed by atoms with van der Waals surface area (Å²) in [5, 5.41) is 3.15. The van der Waals surface area contributed by atoms with E-state index in [0.29, 0.717) is 5.69 Å². The molecule has 2 rings (SSSR count). The van der Waals surface area contributed by atoms with Gasteiger partial charge in [-0.05, 0) is 43.5 Å². The quantitative estimate of drug-likeness (QED) is 0.904. The number of sulfone groups is 1. The maximum Gasteiger partial charge on any atom is 0.501 e. The van der Waals surface area contributed by atoms with E-state index in [9.17, 15) is 21.6 Å². The smallest absolute Gasteiger partial charge is 0.383 e. The number of hydrogen-bond donors (Lipinski definition) is 1. The molecule has 7 heteroatoms. The molecule has 1 aliphatic carbocycles. The van der Waals surface area contributed by atoms with E-state index < -0.39 is 20.2 Å². The molecule has 1 N–H and O–H groups in total. The minimum atomic E-state index is -5.26. The van der Waals surface area contributed by atoms with E-state index in [1.165, 1.54) is 25.0 Å². The Morgan fingerprint density at radius 2 is 1.80 bits per heavy atom. The lowest BCUT2D eigenvalue weighted by Crippen LogP contribution is -2.23. The number of benzene rings is 1. The normalized spacial score (nSPS) is 17.8. The molecule has 0 aromatic heterocycles. The van der Waals surface area contributed by atoms with E-state index in [-0.39, 0.29) is 6.04 Å². The summed E-state index contributed by atoms with van der Waals surface area (Å²) in [6.07, 6.45) is 3.48. The molecule has 0 spiro atoms. The maximum atomic E-state index is 12.4.